The lowest BCUT2D eigenvalue weighted by atomic mass is 10.1. The fourth-order valence-electron chi connectivity index (χ4n) is 2.74. The summed E-state index contributed by atoms with van der Waals surface area (Å²) in [5.41, 5.74) is 2.24. The summed E-state index contributed by atoms with van der Waals surface area (Å²) in [5, 5.41) is 8.42. The zero-order chi connectivity index (χ0) is 22.2. The minimum Gasteiger partial charge on any atom is -0.337 e. The minimum atomic E-state index is -0.298. The van der Waals surface area contributed by atoms with E-state index in [0.717, 1.165) is 0 Å². The second-order valence-electron chi connectivity index (χ2n) is 7.35. The van der Waals surface area contributed by atoms with Gasteiger partial charge in [0.25, 0.3) is 5.91 Å². The van der Waals surface area contributed by atoms with Crippen molar-refractivity contribution < 1.29 is 14.4 Å². The highest BCUT2D eigenvalue weighted by Crippen LogP contribution is 2.17. The molecular formula is C23H25N5O3. The quantitative estimate of drug-likeness (QED) is 0.517. The molecule has 3 amide bonds. The smallest absolute Gasteiger partial charge is 0.255 e. The lowest BCUT2D eigenvalue weighted by Crippen LogP contribution is -2.17. The molecule has 0 unspecified atom stereocenters. The maximum Gasteiger partial charge on any atom is 0.255 e. The van der Waals surface area contributed by atoms with Crippen LogP contribution in [0.4, 0.5) is 17.1 Å². The summed E-state index contributed by atoms with van der Waals surface area (Å²) in [6, 6.07) is 13.6. The number of anilines is 3. The van der Waals surface area contributed by atoms with E-state index in [1.54, 1.807) is 67.3 Å². The first-order chi connectivity index (χ1) is 14.9. The van der Waals surface area contributed by atoms with E-state index in [2.05, 4.69) is 20.9 Å². The first-order valence-electron chi connectivity index (χ1n) is 9.98. The Kier molecular flexibility index (Phi) is 7.16. The van der Waals surface area contributed by atoms with E-state index in [9.17, 15) is 14.4 Å². The highest BCUT2D eigenvalue weighted by Gasteiger charge is 2.10. The van der Waals surface area contributed by atoms with Crippen LogP contribution < -0.4 is 16.0 Å². The van der Waals surface area contributed by atoms with E-state index in [-0.39, 0.29) is 23.6 Å². The molecule has 0 aliphatic carbocycles. The van der Waals surface area contributed by atoms with Crippen molar-refractivity contribution in [3.05, 3.63) is 72.8 Å². The molecule has 2 aromatic carbocycles. The molecule has 0 radical (unpaired) electrons. The number of aromatic nitrogens is 2. The van der Waals surface area contributed by atoms with Gasteiger partial charge in [-0.1, -0.05) is 19.9 Å². The fourth-order valence-corrected chi connectivity index (χ4v) is 2.74. The van der Waals surface area contributed by atoms with Crippen LogP contribution >= 0.6 is 0 Å². The number of benzene rings is 2. The molecule has 1 aromatic heterocycles. The Labute approximate surface area is 180 Å². The van der Waals surface area contributed by atoms with Gasteiger partial charge in [0.1, 0.15) is 0 Å². The number of nitrogens with zero attached hydrogens (tertiary/aromatic N) is 2. The summed E-state index contributed by atoms with van der Waals surface area (Å²) in [5.74, 6) is -0.627. The maximum absolute atomic E-state index is 12.6. The minimum absolute atomic E-state index is 0.0688. The zero-order valence-electron chi connectivity index (χ0n) is 17.5. The number of hydrogen-bond acceptors (Lipinski definition) is 4. The zero-order valence-corrected chi connectivity index (χ0v) is 17.5. The number of rotatable bonds is 8. The Morgan fingerprint density at radius 3 is 2.29 bits per heavy atom. The molecule has 0 saturated heterocycles. The Balaban J connectivity index is 1.55. The van der Waals surface area contributed by atoms with Crippen LogP contribution in [0.15, 0.2) is 67.3 Å². The number of carbonyl (C=O) groups excluding carboxylic acids is 3. The van der Waals surface area contributed by atoms with Crippen molar-refractivity contribution in [3.63, 3.8) is 0 Å². The predicted molar refractivity (Wildman–Crippen MR) is 120 cm³/mol. The molecule has 3 aromatic rings. The molecule has 8 heteroatoms. The molecule has 0 aliphatic heterocycles. The van der Waals surface area contributed by atoms with Gasteiger partial charge in [0.2, 0.25) is 11.8 Å². The van der Waals surface area contributed by atoms with E-state index >= 15 is 0 Å². The molecule has 31 heavy (non-hydrogen) atoms. The van der Waals surface area contributed by atoms with Crippen molar-refractivity contribution in [2.75, 3.05) is 16.0 Å². The van der Waals surface area contributed by atoms with Gasteiger partial charge in [-0.25, -0.2) is 4.98 Å². The third-order valence-electron chi connectivity index (χ3n) is 4.50. The van der Waals surface area contributed by atoms with Gasteiger partial charge < -0.3 is 20.5 Å². The van der Waals surface area contributed by atoms with Crippen LogP contribution in [-0.4, -0.2) is 27.3 Å². The number of hydrogen-bond donors (Lipinski definition) is 3. The average molecular weight is 419 g/mol. The van der Waals surface area contributed by atoms with Crippen molar-refractivity contribution in [1.82, 2.24) is 9.55 Å². The topological polar surface area (TPSA) is 105 Å². The van der Waals surface area contributed by atoms with Crippen LogP contribution in [-0.2, 0) is 16.1 Å². The van der Waals surface area contributed by atoms with Gasteiger partial charge in [-0.3, -0.25) is 14.4 Å². The lowest BCUT2D eigenvalue weighted by molar-refractivity contribution is -0.119. The van der Waals surface area contributed by atoms with Crippen LogP contribution in [0.2, 0.25) is 0 Å². The van der Waals surface area contributed by atoms with Crippen LogP contribution in [0, 0.1) is 5.92 Å². The maximum atomic E-state index is 12.6. The molecule has 0 saturated carbocycles. The first-order valence-corrected chi connectivity index (χ1v) is 9.98. The summed E-state index contributed by atoms with van der Waals surface area (Å²) in [6.45, 7) is 4.17. The Bertz CT molecular complexity index is 1040. The van der Waals surface area contributed by atoms with E-state index < -0.39 is 0 Å². The number of amides is 3. The third kappa shape index (κ3) is 6.53. The van der Waals surface area contributed by atoms with Crippen molar-refractivity contribution in [1.29, 1.82) is 0 Å². The van der Waals surface area contributed by atoms with Gasteiger partial charge in [0.15, 0.2) is 0 Å². The van der Waals surface area contributed by atoms with E-state index in [1.807, 2.05) is 18.4 Å². The van der Waals surface area contributed by atoms with E-state index in [4.69, 9.17) is 0 Å². The molecule has 1 heterocycles. The molecule has 3 N–H and O–H groups in total. The Morgan fingerprint density at radius 2 is 1.65 bits per heavy atom. The first kappa shape index (κ1) is 21.8. The Morgan fingerprint density at radius 1 is 0.935 bits per heavy atom. The van der Waals surface area contributed by atoms with Crippen LogP contribution in [0.3, 0.4) is 0 Å². The second-order valence-corrected chi connectivity index (χ2v) is 7.35. The highest BCUT2D eigenvalue weighted by molar-refractivity contribution is 6.05. The average Bonchev–Trinajstić information content (AvgIpc) is 3.27. The molecule has 8 nitrogen and oxygen atoms in total. The third-order valence-corrected chi connectivity index (χ3v) is 4.50. The highest BCUT2D eigenvalue weighted by atomic mass is 16.2. The molecular weight excluding hydrogens is 394 g/mol. The summed E-state index contributed by atoms with van der Waals surface area (Å²) in [6.07, 6.45) is 5.41. The number of aryl methyl sites for hydroxylation is 1. The summed E-state index contributed by atoms with van der Waals surface area (Å²) >= 11 is 0. The number of imidazole rings is 1. The SMILES string of the molecule is CC(C)C(=O)Nc1ccc(NC(=O)c2cccc(NC(=O)CCn3ccnc3)c2)cc1. The Hall–Kier alpha value is -3.94. The monoisotopic (exact) mass is 419 g/mol. The largest absolute Gasteiger partial charge is 0.337 e. The van der Waals surface area contributed by atoms with Crippen LogP contribution in [0.1, 0.15) is 30.6 Å². The van der Waals surface area contributed by atoms with Crippen molar-refractivity contribution in [3.8, 4) is 0 Å². The molecule has 0 spiro atoms. The summed E-state index contributed by atoms with van der Waals surface area (Å²) in [4.78, 5) is 40.4. The van der Waals surface area contributed by atoms with Crippen molar-refractivity contribution >= 4 is 34.8 Å². The molecule has 0 aliphatic rings. The van der Waals surface area contributed by atoms with Gasteiger partial charge >= 0.3 is 0 Å². The standard InChI is InChI=1S/C23H25N5O3/c1-16(2)22(30)26-18-6-8-19(9-7-18)27-23(31)17-4-3-5-20(14-17)25-21(29)10-12-28-13-11-24-15-28/h3-9,11,13-16H,10,12H2,1-2H3,(H,25,29)(H,26,30)(H,27,31). The van der Waals surface area contributed by atoms with E-state index in [0.29, 0.717) is 35.6 Å². The molecule has 0 bridgehead atoms. The predicted octanol–water partition coefficient (Wildman–Crippen LogP) is 3.76. The van der Waals surface area contributed by atoms with Crippen molar-refractivity contribution in [2.24, 2.45) is 5.92 Å². The van der Waals surface area contributed by atoms with Crippen LogP contribution in [0.5, 0.6) is 0 Å². The molecule has 3 rings (SSSR count). The molecule has 0 fully saturated rings. The van der Waals surface area contributed by atoms with E-state index in [1.165, 1.54) is 0 Å². The summed E-state index contributed by atoms with van der Waals surface area (Å²) < 4.78 is 1.82. The number of nitrogens with one attached hydrogen (secondary N) is 3. The van der Waals surface area contributed by atoms with Gasteiger partial charge in [-0.15, -0.1) is 0 Å². The fraction of sp³-hybridized carbons (Fsp3) is 0.217. The summed E-state index contributed by atoms with van der Waals surface area (Å²) in [7, 11) is 0. The van der Waals surface area contributed by atoms with Gasteiger partial charge in [-0.05, 0) is 42.5 Å². The van der Waals surface area contributed by atoms with Gasteiger partial charge in [-0.2, -0.15) is 0 Å². The normalized spacial score (nSPS) is 10.5. The second kappa shape index (κ2) is 10.2. The molecule has 0 atom stereocenters. The van der Waals surface area contributed by atoms with Gasteiger partial charge in [0, 0.05) is 53.9 Å². The van der Waals surface area contributed by atoms with Gasteiger partial charge in [0.05, 0.1) is 6.33 Å². The number of carbonyl (C=O) groups is 3. The van der Waals surface area contributed by atoms with Crippen molar-refractivity contribution in [2.45, 2.75) is 26.8 Å². The lowest BCUT2D eigenvalue weighted by Gasteiger charge is -2.10. The van der Waals surface area contributed by atoms with Crippen LogP contribution in [0.25, 0.3) is 0 Å². The molecule has 160 valence electrons.